The van der Waals surface area contributed by atoms with Crippen LogP contribution in [0, 0.1) is 0 Å². The molecule has 128 valence electrons. The first-order valence-corrected chi connectivity index (χ1v) is 7.20. The van der Waals surface area contributed by atoms with E-state index in [1.165, 1.54) is 6.92 Å². The van der Waals surface area contributed by atoms with Crippen molar-refractivity contribution in [2.45, 2.75) is 25.5 Å². The number of nitrogens with zero attached hydrogens (tertiary/aromatic N) is 1. The monoisotopic (exact) mass is 334 g/mol. The third-order valence-corrected chi connectivity index (χ3v) is 3.49. The summed E-state index contributed by atoms with van der Waals surface area (Å²) in [6.45, 7) is 2.03. The lowest BCUT2D eigenvalue weighted by Gasteiger charge is -2.20. The largest absolute Gasteiger partial charge is 0.479 e. The van der Waals surface area contributed by atoms with Crippen LogP contribution < -0.4 is 10.6 Å². The van der Waals surface area contributed by atoms with Crippen molar-refractivity contribution in [3.8, 4) is 0 Å². The van der Waals surface area contributed by atoms with Crippen LogP contribution in [0.5, 0.6) is 0 Å². The lowest BCUT2D eigenvalue weighted by Crippen LogP contribution is -2.51. The highest BCUT2D eigenvalue weighted by Gasteiger charge is 2.31. The van der Waals surface area contributed by atoms with Gasteiger partial charge in [0, 0.05) is 5.39 Å². The summed E-state index contributed by atoms with van der Waals surface area (Å²) < 4.78 is 0. The number of nitrogens with one attached hydrogen (secondary N) is 3. The second-order valence-electron chi connectivity index (χ2n) is 5.61. The minimum absolute atomic E-state index is 0.155. The molecule has 2 unspecified atom stereocenters. The standard InChI is InChI=1S/C15H18N4O5/c1-8(12(20)16-7-15(2,24)14(22)23)17-13(21)11-9-5-3-4-6-10(9)18-19-11/h3-6,8,24H,7H2,1-2H3,(H,16,20)(H,17,21)(H,18,19)(H,22,23). The lowest BCUT2D eigenvalue weighted by atomic mass is 10.1. The third-order valence-electron chi connectivity index (χ3n) is 3.49. The number of carbonyl (C=O) groups excluding carboxylic acids is 2. The number of amides is 2. The number of para-hydroxylation sites is 1. The van der Waals surface area contributed by atoms with E-state index in [2.05, 4.69) is 20.8 Å². The molecule has 1 heterocycles. The predicted octanol–water partition coefficient (Wildman–Crippen LogP) is -0.367. The smallest absolute Gasteiger partial charge is 0.337 e. The highest BCUT2D eigenvalue weighted by Crippen LogP contribution is 2.14. The van der Waals surface area contributed by atoms with Crippen LogP contribution in [0.15, 0.2) is 24.3 Å². The predicted molar refractivity (Wildman–Crippen MR) is 84.3 cm³/mol. The summed E-state index contributed by atoms with van der Waals surface area (Å²) in [4.78, 5) is 34.9. The van der Waals surface area contributed by atoms with Gasteiger partial charge in [-0.15, -0.1) is 0 Å². The van der Waals surface area contributed by atoms with E-state index >= 15 is 0 Å². The fourth-order valence-corrected chi connectivity index (χ4v) is 1.96. The first kappa shape index (κ1) is 17.4. The van der Waals surface area contributed by atoms with Crippen molar-refractivity contribution in [3.63, 3.8) is 0 Å². The number of carboxylic acid groups (broad SMARTS) is 1. The van der Waals surface area contributed by atoms with E-state index in [-0.39, 0.29) is 5.69 Å². The van der Waals surface area contributed by atoms with Crippen LogP contribution in [-0.4, -0.2) is 56.4 Å². The van der Waals surface area contributed by atoms with E-state index in [0.717, 1.165) is 6.92 Å². The van der Waals surface area contributed by atoms with Gasteiger partial charge >= 0.3 is 5.97 Å². The number of carbonyl (C=O) groups is 3. The Balaban J connectivity index is 1.98. The quantitative estimate of drug-likeness (QED) is 0.487. The van der Waals surface area contributed by atoms with Crippen LogP contribution in [0.4, 0.5) is 0 Å². The number of carboxylic acids is 1. The molecule has 5 N–H and O–H groups in total. The topological polar surface area (TPSA) is 144 Å². The van der Waals surface area contributed by atoms with Crippen LogP contribution in [-0.2, 0) is 9.59 Å². The summed E-state index contributed by atoms with van der Waals surface area (Å²) >= 11 is 0. The maximum atomic E-state index is 12.2. The SMILES string of the molecule is CC(NC(=O)c1n[nH]c2ccccc12)C(=O)NCC(C)(O)C(=O)O. The molecule has 9 nitrogen and oxygen atoms in total. The van der Waals surface area contributed by atoms with Crippen molar-refractivity contribution in [2.75, 3.05) is 6.54 Å². The van der Waals surface area contributed by atoms with Gasteiger partial charge < -0.3 is 20.8 Å². The number of fused-ring (bicyclic) bond motifs is 1. The van der Waals surface area contributed by atoms with Gasteiger partial charge in [0.2, 0.25) is 5.91 Å². The van der Waals surface area contributed by atoms with Crippen LogP contribution in [0.25, 0.3) is 10.9 Å². The first-order valence-electron chi connectivity index (χ1n) is 7.20. The number of hydrogen-bond acceptors (Lipinski definition) is 5. The number of benzene rings is 1. The van der Waals surface area contributed by atoms with Crippen molar-refractivity contribution in [1.82, 2.24) is 20.8 Å². The fraction of sp³-hybridized carbons (Fsp3) is 0.333. The van der Waals surface area contributed by atoms with Gasteiger partial charge in [-0.1, -0.05) is 18.2 Å². The van der Waals surface area contributed by atoms with Gasteiger partial charge in [0.1, 0.15) is 6.04 Å². The van der Waals surface area contributed by atoms with Gasteiger partial charge in [0.05, 0.1) is 12.1 Å². The highest BCUT2D eigenvalue weighted by atomic mass is 16.4. The van der Waals surface area contributed by atoms with Crippen molar-refractivity contribution in [2.24, 2.45) is 0 Å². The van der Waals surface area contributed by atoms with E-state index in [0.29, 0.717) is 10.9 Å². The first-order chi connectivity index (χ1) is 11.2. The Morgan fingerprint density at radius 3 is 2.67 bits per heavy atom. The molecule has 0 saturated carbocycles. The van der Waals surface area contributed by atoms with Gasteiger partial charge in [0.15, 0.2) is 11.3 Å². The van der Waals surface area contributed by atoms with Crippen LogP contribution in [0.2, 0.25) is 0 Å². The summed E-state index contributed by atoms with van der Waals surface area (Å²) in [5.74, 6) is -2.62. The van der Waals surface area contributed by atoms with E-state index in [1.807, 2.05) is 0 Å². The molecule has 0 radical (unpaired) electrons. The number of rotatable bonds is 6. The van der Waals surface area contributed by atoms with Gasteiger partial charge in [-0.25, -0.2) is 4.79 Å². The van der Waals surface area contributed by atoms with E-state index in [4.69, 9.17) is 5.11 Å². The molecule has 0 aliphatic rings. The number of hydrogen-bond donors (Lipinski definition) is 5. The number of aromatic nitrogens is 2. The second-order valence-corrected chi connectivity index (χ2v) is 5.61. The summed E-state index contributed by atoms with van der Waals surface area (Å²) in [5, 5.41) is 30.4. The highest BCUT2D eigenvalue weighted by molar-refractivity contribution is 6.05. The molecule has 24 heavy (non-hydrogen) atoms. The maximum Gasteiger partial charge on any atom is 0.337 e. The summed E-state index contributed by atoms with van der Waals surface area (Å²) in [6, 6.07) is 6.12. The zero-order chi connectivity index (χ0) is 17.9. The normalized spacial score (nSPS) is 14.6. The molecule has 2 atom stereocenters. The molecule has 0 bridgehead atoms. The maximum absolute atomic E-state index is 12.2. The second kappa shape index (κ2) is 6.67. The molecular weight excluding hydrogens is 316 g/mol. The average Bonchev–Trinajstić information content (AvgIpc) is 2.96. The van der Waals surface area contributed by atoms with E-state index in [1.54, 1.807) is 24.3 Å². The summed E-state index contributed by atoms with van der Waals surface area (Å²) in [5.41, 5.74) is -1.24. The number of H-pyrrole nitrogens is 1. The number of aromatic amines is 1. The van der Waals surface area contributed by atoms with Crippen molar-refractivity contribution >= 4 is 28.7 Å². The molecule has 0 aliphatic carbocycles. The Bertz CT molecular complexity index is 783. The van der Waals surface area contributed by atoms with Gasteiger partial charge in [-0.05, 0) is 19.9 Å². The Labute approximate surface area is 137 Å². The zero-order valence-corrected chi connectivity index (χ0v) is 13.2. The van der Waals surface area contributed by atoms with E-state index in [9.17, 15) is 19.5 Å². The van der Waals surface area contributed by atoms with Crippen LogP contribution in [0.1, 0.15) is 24.3 Å². The van der Waals surface area contributed by atoms with Crippen LogP contribution >= 0.6 is 0 Å². The molecule has 1 aromatic carbocycles. The molecular formula is C15H18N4O5. The van der Waals surface area contributed by atoms with Gasteiger partial charge in [-0.3, -0.25) is 14.7 Å². The minimum atomic E-state index is -2.09. The Hall–Kier alpha value is -2.94. The molecule has 0 spiro atoms. The Morgan fingerprint density at radius 1 is 1.33 bits per heavy atom. The van der Waals surface area contributed by atoms with Crippen LogP contribution in [0.3, 0.4) is 0 Å². The Kier molecular flexibility index (Phi) is 4.84. The fourth-order valence-electron chi connectivity index (χ4n) is 1.96. The van der Waals surface area contributed by atoms with E-state index < -0.39 is 36.0 Å². The van der Waals surface area contributed by atoms with Gasteiger partial charge in [0.25, 0.3) is 5.91 Å². The molecule has 2 aromatic rings. The van der Waals surface area contributed by atoms with Crippen molar-refractivity contribution < 1.29 is 24.6 Å². The Morgan fingerprint density at radius 2 is 2.00 bits per heavy atom. The molecule has 0 saturated heterocycles. The molecule has 2 rings (SSSR count). The van der Waals surface area contributed by atoms with Crippen molar-refractivity contribution in [3.05, 3.63) is 30.0 Å². The minimum Gasteiger partial charge on any atom is -0.479 e. The average molecular weight is 334 g/mol. The summed E-state index contributed by atoms with van der Waals surface area (Å²) in [6.07, 6.45) is 0. The molecule has 9 heteroatoms. The molecule has 0 fully saturated rings. The molecule has 0 aliphatic heterocycles. The molecule has 2 amide bonds. The van der Waals surface area contributed by atoms with Gasteiger partial charge in [-0.2, -0.15) is 5.10 Å². The zero-order valence-electron chi connectivity index (χ0n) is 13.2. The third kappa shape index (κ3) is 3.69. The van der Waals surface area contributed by atoms with Crippen molar-refractivity contribution in [1.29, 1.82) is 0 Å². The number of aliphatic carboxylic acids is 1. The molecule has 1 aromatic heterocycles. The summed E-state index contributed by atoms with van der Waals surface area (Å²) in [7, 11) is 0. The lowest BCUT2D eigenvalue weighted by molar-refractivity contribution is -0.156. The number of aliphatic hydroxyl groups is 1.